The lowest BCUT2D eigenvalue weighted by Gasteiger charge is -2.34. The second-order valence-corrected chi connectivity index (χ2v) is 6.18. The van der Waals surface area contributed by atoms with Gasteiger partial charge >= 0.3 is 0 Å². The van der Waals surface area contributed by atoms with E-state index in [1.165, 1.54) is 5.56 Å². The first-order valence-corrected chi connectivity index (χ1v) is 8.95. The molecule has 0 atom stereocenters. The molecule has 25 heavy (non-hydrogen) atoms. The van der Waals surface area contributed by atoms with Gasteiger partial charge in [0.1, 0.15) is 11.6 Å². The molecule has 1 saturated heterocycles. The maximum atomic E-state index is 5.18. The largest absolute Gasteiger partial charge is 0.497 e. The second kappa shape index (κ2) is 8.67. The van der Waals surface area contributed by atoms with Gasteiger partial charge in [-0.2, -0.15) is 4.98 Å². The van der Waals surface area contributed by atoms with Crippen LogP contribution < -0.4 is 15.0 Å². The fourth-order valence-corrected chi connectivity index (χ4v) is 3.01. The zero-order valence-electron chi connectivity index (χ0n) is 15.1. The van der Waals surface area contributed by atoms with Crippen LogP contribution in [0.1, 0.15) is 12.5 Å². The number of piperazine rings is 1. The number of aromatic nitrogens is 2. The van der Waals surface area contributed by atoms with Crippen molar-refractivity contribution >= 4 is 11.8 Å². The highest BCUT2D eigenvalue weighted by molar-refractivity contribution is 5.43. The van der Waals surface area contributed by atoms with E-state index in [1.807, 2.05) is 24.4 Å². The monoisotopic (exact) mass is 341 g/mol. The Morgan fingerprint density at radius 1 is 1.08 bits per heavy atom. The van der Waals surface area contributed by atoms with Gasteiger partial charge in [-0.3, -0.25) is 0 Å². The van der Waals surface area contributed by atoms with Crippen molar-refractivity contribution in [2.45, 2.75) is 13.3 Å². The fourth-order valence-electron chi connectivity index (χ4n) is 3.01. The lowest BCUT2D eigenvalue weighted by molar-refractivity contribution is 0.270. The van der Waals surface area contributed by atoms with E-state index in [0.29, 0.717) is 5.95 Å². The molecule has 0 radical (unpaired) electrons. The van der Waals surface area contributed by atoms with Crippen molar-refractivity contribution in [1.29, 1.82) is 0 Å². The van der Waals surface area contributed by atoms with Crippen LogP contribution in [-0.2, 0) is 6.42 Å². The predicted molar refractivity (Wildman–Crippen MR) is 102 cm³/mol. The van der Waals surface area contributed by atoms with Crippen molar-refractivity contribution in [3.05, 3.63) is 42.1 Å². The molecule has 0 aliphatic carbocycles. The number of likely N-dealkylation sites (N-methyl/N-ethyl adjacent to an activating group) is 1. The molecule has 1 aliphatic rings. The second-order valence-electron chi connectivity index (χ2n) is 6.18. The molecule has 6 heteroatoms. The highest BCUT2D eigenvalue weighted by atomic mass is 16.5. The van der Waals surface area contributed by atoms with Crippen molar-refractivity contribution in [2.24, 2.45) is 0 Å². The van der Waals surface area contributed by atoms with Crippen LogP contribution in [0.2, 0.25) is 0 Å². The molecule has 134 valence electrons. The van der Waals surface area contributed by atoms with Gasteiger partial charge in [-0.05, 0) is 36.7 Å². The Kier molecular flexibility index (Phi) is 6.06. The van der Waals surface area contributed by atoms with Gasteiger partial charge in [-0.15, -0.1) is 0 Å². The predicted octanol–water partition coefficient (Wildman–Crippen LogP) is 2.28. The van der Waals surface area contributed by atoms with E-state index >= 15 is 0 Å². The van der Waals surface area contributed by atoms with Gasteiger partial charge in [-0.1, -0.05) is 19.1 Å². The van der Waals surface area contributed by atoms with Crippen molar-refractivity contribution in [1.82, 2.24) is 14.9 Å². The zero-order valence-corrected chi connectivity index (χ0v) is 15.1. The molecule has 0 saturated carbocycles. The molecule has 1 aromatic heterocycles. The highest BCUT2D eigenvalue weighted by Gasteiger charge is 2.17. The molecule has 2 heterocycles. The smallest absolute Gasteiger partial charge is 0.224 e. The Hall–Kier alpha value is -2.34. The molecule has 1 N–H and O–H groups in total. The summed E-state index contributed by atoms with van der Waals surface area (Å²) in [5.74, 6) is 2.59. The third-order valence-corrected chi connectivity index (χ3v) is 4.64. The SMILES string of the molecule is CCN1CCN(c2ccnc(NCCc3ccc(OC)cc3)n2)CC1. The van der Waals surface area contributed by atoms with Crippen molar-refractivity contribution in [3.8, 4) is 5.75 Å². The quantitative estimate of drug-likeness (QED) is 0.834. The van der Waals surface area contributed by atoms with Crippen molar-refractivity contribution < 1.29 is 4.74 Å². The molecule has 0 unspecified atom stereocenters. The molecule has 0 spiro atoms. The number of anilines is 2. The third kappa shape index (κ3) is 4.82. The highest BCUT2D eigenvalue weighted by Crippen LogP contribution is 2.15. The van der Waals surface area contributed by atoms with Gasteiger partial charge in [0.25, 0.3) is 0 Å². The van der Waals surface area contributed by atoms with E-state index in [4.69, 9.17) is 4.74 Å². The van der Waals surface area contributed by atoms with Crippen LogP contribution in [0.5, 0.6) is 5.75 Å². The van der Waals surface area contributed by atoms with E-state index in [0.717, 1.165) is 57.3 Å². The minimum Gasteiger partial charge on any atom is -0.497 e. The Balaban J connectivity index is 1.51. The lowest BCUT2D eigenvalue weighted by Crippen LogP contribution is -2.46. The molecule has 1 aliphatic heterocycles. The molecule has 2 aromatic rings. The number of hydrogen-bond acceptors (Lipinski definition) is 6. The number of ether oxygens (including phenoxy) is 1. The number of nitrogens with one attached hydrogen (secondary N) is 1. The maximum absolute atomic E-state index is 5.18. The van der Waals surface area contributed by atoms with Gasteiger partial charge in [0.15, 0.2) is 0 Å². The van der Waals surface area contributed by atoms with E-state index in [-0.39, 0.29) is 0 Å². The van der Waals surface area contributed by atoms with Crippen molar-refractivity contribution in [3.63, 3.8) is 0 Å². The van der Waals surface area contributed by atoms with E-state index in [1.54, 1.807) is 7.11 Å². The standard InChI is InChI=1S/C19H27N5O/c1-3-23-12-14-24(15-13-23)18-9-11-21-19(22-18)20-10-8-16-4-6-17(25-2)7-5-16/h4-7,9,11H,3,8,10,12-15H2,1-2H3,(H,20,21,22). The van der Waals surface area contributed by atoms with Crippen LogP contribution in [-0.4, -0.2) is 61.2 Å². The number of hydrogen-bond donors (Lipinski definition) is 1. The Morgan fingerprint density at radius 3 is 2.52 bits per heavy atom. The van der Waals surface area contributed by atoms with Gasteiger partial charge in [0.2, 0.25) is 5.95 Å². The molecule has 1 aromatic carbocycles. The summed E-state index contributed by atoms with van der Waals surface area (Å²) in [7, 11) is 1.68. The summed E-state index contributed by atoms with van der Waals surface area (Å²) >= 11 is 0. The normalized spacial score (nSPS) is 15.2. The summed E-state index contributed by atoms with van der Waals surface area (Å²) in [5, 5.41) is 3.33. The molecule has 0 amide bonds. The van der Waals surface area contributed by atoms with Crippen LogP contribution >= 0.6 is 0 Å². The minimum absolute atomic E-state index is 0.698. The summed E-state index contributed by atoms with van der Waals surface area (Å²) in [6.07, 6.45) is 2.76. The number of methoxy groups -OCH3 is 1. The number of rotatable bonds is 7. The van der Waals surface area contributed by atoms with Crippen LogP contribution in [0.4, 0.5) is 11.8 Å². The van der Waals surface area contributed by atoms with E-state index in [9.17, 15) is 0 Å². The Morgan fingerprint density at radius 2 is 1.84 bits per heavy atom. The fraction of sp³-hybridized carbons (Fsp3) is 0.474. The van der Waals surface area contributed by atoms with Crippen molar-refractivity contribution in [2.75, 3.05) is 56.6 Å². The third-order valence-electron chi connectivity index (χ3n) is 4.64. The zero-order chi connectivity index (χ0) is 17.5. The lowest BCUT2D eigenvalue weighted by atomic mass is 10.1. The average Bonchev–Trinajstić information content (AvgIpc) is 2.69. The molecule has 6 nitrogen and oxygen atoms in total. The Bertz CT molecular complexity index is 653. The van der Waals surface area contributed by atoms with Gasteiger partial charge < -0.3 is 19.9 Å². The van der Waals surface area contributed by atoms with E-state index < -0.39 is 0 Å². The van der Waals surface area contributed by atoms with Crippen LogP contribution in [0.3, 0.4) is 0 Å². The summed E-state index contributed by atoms with van der Waals surface area (Å²) in [4.78, 5) is 13.8. The number of nitrogens with zero attached hydrogens (tertiary/aromatic N) is 4. The molecule has 3 rings (SSSR count). The minimum atomic E-state index is 0.698. The summed E-state index contributed by atoms with van der Waals surface area (Å²) in [6.45, 7) is 8.38. The van der Waals surface area contributed by atoms with Crippen LogP contribution in [0.25, 0.3) is 0 Å². The molecular formula is C19H27N5O. The van der Waals surface area contributed by atoms with Crippen LogP contribution in [0, 0.1) is 0 Å². The molecule has 1 fully saturated rings. The van der Waals surface area contributed by atoms with Gasteiger partial charge in [0, 0.05) is 38.9 Å². The van der Waals surface area contributed by atoms with Gasteiger partial charge in [0.05, 0.1) is 7.11 Å². The van der Waals surface area contributed by atoms with E-state index in [2.05, 4.69) is 44.1 Å². The van der Waals surface area contributed by atoms with Gasteiger partial charge in [-0.25, -0.2) is 4.98 Å². The topological polar surface area (TPSA) is 53.5 Å². The number of benzene rings is 1. The first-order chi connectivity index (χ1) is 12.3. The summed E-state index contributed by atoms with van der Waals surface area (Å²) < 4.78 is 5.18. The Labute approximate surface area is 149 Å². The summed E-state index contributed by atoms with van der Waals surface area (Å²) in [6, 6.07) is 10.1. The first kappa shape index (κ1) is 17.5. The summed E-state index contributed by atoms with van der Waals surface area (Å²) in [5.41, 5.74) is 1.26. The molecule has 0 bridgehead atoms. The maximum Gasteiger partial charge on any atom is 0.224 e. The van der Waals surface area contributed by atoms with Crippen LogP contribution in [0.15, 0.2) is 36.5 Å². The average molecular weight is 341 g/mol. The first-order valence-electron chi connectivity index (χ1n) is 8.95. The molecular weight excluding hydrogens is 314 g/mol.